The van der Waals surface area contributed by atoms with Crippen LogP contribution in [0.2, 0.25) is 0 Å². The van der Waals surface area contributed by atoms with E-state index in [1.165, 1.54) is 6.42 Å². The van der Waals surface area contributed by atoms with Crippen molar-refractivity contribution in [3.8, 4) is 0 Å². The Morgan fingerprint density at radius 3 is 2.38 bits per heavy atom. The molecule has 2 aliphatic rings. The van der Waals surface area contributed by atoms with Crippen molar-refractivity contribution in [3.05, 3.63) is 0 Å². The molecule has 1 N–H and O–H groups in total. The monoisotopic (exact) mass is 226 g/mol. The van der Waals surface area contributed by atoms with Gasteiger partial charge in [-0.15, -0.1) is 0 Å². The average molecular weight is 226 g/mol. The Kier molecular flexibility index (Phi) is 2.86. The van der Waals surface area contributed by atoms with Gasteiger partial charge in [0.2, 0.25) is 0 Å². The maximum absolute atomic E-state index is 11.6. The topological polar surface area (TPSA) is 41.6 Å². The zero-order valence-corrected chi connectivity index (χ0v) is 10.6. The fourth-order valence-corrected chi connectivity index (χ4v) is 1.92. The summed E-state index contributed by atoms with van der Waals surface area (Å²) >= 11 is 0. The van der Waals surface area contributed by atoms with Crippen LogP contribution in [0.3, 0.4) is 0 Å². The Morgan fingerprint density at radius 2 is 1.94 bits per heavy atom. The quantitative estimate of drug-likeness (QED) is 0.777. The zero-order chi connectivity index (χ0) is 11.9. The number of rotatable bonds is 2. The van der Waals surface area contributed by atoms with E-state index in [0.29, 0.717) is 12.1 Å². The first kappa shape index (κ1) is 11.7. The van der Waals surface area contributed by atoms with E-state index in [2.05, 4.69) is 12.2 Å². The fourth-order valence-electron chi connectivity index (χ4n) is 1.92. The van der Waals surface area contributed by atoms with E-state index in [0.717, 1.165) is 19.0 Å². The molecule has 2 unspecified atom stereocenters. The average Bonchev–Trinajstić information content (AvgIpc) is 2.69. The zero-order valence-electron chi connectivity index (χ0n) is 10.6. The van der Waals surface area contributed by atoms with Gasteiger partial charge in [-0.2, -0.15) is 0 Å². The van der Waals surface area contributed by atoms with Gasteiger partial charge in [-0.1, -0.05) is 6.92 Å². The van der Waals surface area contributed by atoms with E-state index < -0.39 is 0 Å². The Labute approximate surface area is 97.3 Å². The van der Waals surface area contributed by atoms with Gasteiger partial charge in [-0.05, 0) is 33.1 Å². The Hall–Kier alpha value is -0.770. The number of hydrogen-bond donors (Lipinski definition) is 1. The number of amides is 1. The van der Waals surface area contributed by atoms with Gasteiger partial charge in [0.15, 0.2) is 0 Å². The molecule has 4 nitrogen and oxygen atoms in total. The summed E-state index contributed by atoms with van der Waals surface area (Å²) in [6, 6.07) is 1.16. The molecule has 2 fully saturated rings. The van der Waals surface area contributed by atoms with E-state index >= 15 is 0 Å². The molecule has 1 amide bonds. The highest BCUT2D eigenvalue weighted by Crippen LogP contribution is 2.30. The fraction of sp³-hybridized carbons (Fsp3) is 0.917. The number of hydrogen-bond acceptors (Lipinski definition) is 3. The van der Waals surface area contributed by atoms with Crippen molar-refractivity contribution in [1.29, 1.82) is 0 Å². The smallest absolute Gasteiger partial charge is 0.410 e. The Bertz CT molecular complexity index is 279. The first-order valence-electron chi connectivity index (χ1n) is 6.09. The molecule has 1 heterocycles. The van der Waals surface area contributed by atoms with Crippen molar-refractivity contribution in [1.82, 2.24) is 10.2 Å². The minimum Gasteiger partial charge on any atom is -0.444 e. The minimum absolute atomic E-state index is 0.186. The first-order valence-corrected chi connectivity index (χ1v) is 6.09. The molecule has 0 radical (unpaired) electrons. The molecule has 92 valence electrons. The maximum Gasteiger partial charge on any atom is 0.410 e. The summed E-state index contributed by atoms with van der Waals surface area (Å²) in [6.07, 6.45) is 1.09. The van der Waals surface area contributed by atoms with Gasteiger partial charge < -0.3 is 15.0 Å². The van der Waals surface area contributed by atoms with Crippen LogP contribution in [0.5, 0.6) is 0 Å². The molecule has 2 atom stereocenters. The normalized spacial score (nSPS) is 29.9. The Balaban J connectivity index is 1.65. The molecule has 0 aromatic heterocycles. The summed E-state index contributed by atoms with van der Waals surface area (Å²) < 4.78 is 5.29. The van der Waals surface area contributed by atoms with Crippen LogP contribution >= 0.6 is 0 Å². The maximum atomic E-state index is 11.6. The van der Waals surface area contributed by atoms with Crippen molar-refractivity contribution in [2.75, 3.05) is 13.1 Å². The van der Waals surface area contributed by atoms with Crippen molar-refractivity contribution >= 4 is 6.09 Å². The molecule has 4 heteroatoms. The first-order chi connectivity index (χ1) is 7.35. The second-order valence-electron chi connectivity index (χ2n) is 6.07. The molecule has 16 heavy (non-hydrogen) atoms. The van der Waals surface area contributed by atoms with Gasteiger partial charge in [-0.25, -0.2) is 4.79 Å². The molecule has 1 aliphatic heterocycles. The molecular formula is C12H22N2O2. The lowest BCUT2D eigenvalue weighted by atomic mass is 10.1. The molecule has 0 aromatic rings. The molecule has 1 aliphatic carbocycles. The van der Waals surface area contributed by atoms with Crippen molar-refractivity contribution < 1.29 is 9.53 Å². The number of ether oxygens (including phenoxy) is 1. The highest BCUT2D eigenvalue weighted by Gasteiger charge is 2.39. The number of carbonyl (C=O) groups excluding carboxylic acids is 1. The van der Waals surface area contributed by atoms with Crippen molar-refractivity contribution in [2.45, 2.75) is 51.8 Å². The van der Waals surface area contributed by atoms with Crippen molar-refractivity contribution in [2.24, 2.45) is 5.92 Å². The molecule has 2 rings (SSSR count). The predicted molar refractivity (Wildman–Crippen MR) is 62.3 cm³/mol. The highest BCUT2D eigenvalue weighted by atomic mass is 16.6. The van der Waals surface area contributed by atoms with E-state index in [1.807, 2.05) is 20.8 Å². The van der Waals surface area contributed by atoms with E-state index in [1.54, 1.807) is 4.90 Å². The third kappa shape index (κ3) is 2.88. The summed E-state index contributed by atoms with van der Waals surface area (Å²) in [5.74, 6) is 0.815. The molecule has 0 aromatic carbocycles. The second kappa shape index (κ2) is 3.91. The third-order valence-electron chi connectivity index (χ3n) is 3.09. The van der Waals surface area contributed by atoms with Gasteiger partial charge in [0.1, 0.15) is 5.60 Å². The third-order valence-corrected chi connectivity index (χ3v) is 3.09. The standard InChI is InChI=1S/C12H22N2O2/c1-8-5-10(8)13-9-6-14(7-9)11(15)16-12(2,3)4/h8-10,13H,5-7H2,1-4H3. The molecule has 0 spiro atoms. The van der Waals surface area contributed by atoms with Crippen LogP contribution in [0.25, 0.3) is 0 Å². The highest BCUT2D eigenvalue weighted by molar-refractivity contribution is 5.69. The van der Waals surface area contributed by atoms with Crippen LogP contribution in [0, 0.1) is 5.92 Å². The lowest BCUT2D eigenvalue weighted by Gasteiger charge is -2.40. The number of nitrogens with zero attached hydrogens (tertiary/aromatic N) is 1. The lowest BCUT2D eigenvalue weighted by molar-refractivity contribution is 0.00505. The van der Waals surface area contributed by atoms with Gasteiger partial charge in [0, 0.05) is 25.2 Å². The number of likely N-dealkylation sites (tertiary alicyclic amines) is 1. The van der Waals surface area contributed by atoms with E-state index in [9.17, 15) is 4.79 Å². The SMILES string of the molecule is CC1CC1NC1CN(C(=O)OC(C)(C)C)C1. The Morgan fingerprint density at radius 1 is 1.38 bits per heavy atom. The van der Waals surface area contributed by atoms with Gasteiger partial charge in [0.05, 0.1) is 0 Å². The molecule has 1 saturated carbocycles. The van der Waals surface area contributed by atoms with Crippen LogP contribution in [0.1, 0.15) is 34.1 Å². The van der Waals surface area contributed by atoms with E-state index in [-0.39, 0.29) is 11.7 Å². The summed E-state index contributed by atoms with van der Waals surface area (Å²) in [7, 11) is 0. The number of carbonyl (C=O) groups is 1. The largest absolute Gasteiger partial charge is 0.444 e. The van der Waals surface area contributed by atoms with Crippen molar-refractivity contribution in [3.63, 3.8) is 0 Å². The predicted octanol–water partition coefficient (Wildman–Crippen LogP) is 1.60. The van der Waals surface area contributed by atoms with Crippen LogP contribution in [0.4, 0.5) is 4.79 Å². The summed E-state index contributed by atoms with van der Waals surface area (Å²) in [6.45, 7) is 9.52. The van der Waals surface area contributed by atoms with Crippen LogP contribution in [-0.2, 0) is 4.74 Å². The summed E-state index contributed by atoms with van der Waals surface area (Å²) in [4.78, 5) is 13.4. The van der Waals surface area contributed by atoms with Gasteiger partial charge in [0.25, 0.3) is 0 Å². The molecular weight excluding hydrogens is 204 g/mol. The molecule has 1 saturated heterocycles. The van der Waals surface area contributed by atoms with Crippen LogP contribution in [0.15, 0.2) is 0 Å². The summed E-state index contributed by atoms with van der Waals surface area (Å²) in [5.41, 5.74) is -0.388. The minimum atomic E-state index is -0.388. The van der Waals surface area contributed by atoms with Gasteiger partial charge in [-0.3, -0.25) is 0 Å². The van der Waals surface area contributed by atoms with Crippen LogP contribution in [-0.4, -0.2) is 41.8 Å². The van der Waals surface area contributed by atoms with E-state index in [4.69, 9.17) is 4.74 Å². The van der Waals surface area contributed by atoms with Gasteiger partial charge >= 0.3 is 6.09 Å². The molecule has 0 bridgehead atoms. The number of nitrogens with one attached hydrogen (secondary N) is 1. The second-order valence-corrected chi connectivity index (χ2v) is 6.07. The van der Waals surface area contributed by atoms with Crippen LogP contribution < -0.4 is 5.32 Å². The lowest BCUT2D eigenvalue weighted by Crippen LogP contribution is -2.61. The summed E-state index contributed by atoms with van der Waals surface area (Å²) in [5, 5.41) is 3.54.